The Morgan fingerprint density at radius 3 is 2.56 bits per heavy atom. The van der Waals surface area contributed by atoms with Crippen LogP contribution in [0.25, 0.3) is 0 Å². The number of likely N-dealkylation sites (N-methyl/N-ethyl adjacent to an activating group) is 1. The number of fused-ring (bicyclic) bond motifs is 1. The molecule has 0 saturated carbocycles. The molecule has 0 fully saturated rings. The van der Waals surface area contributed by atoms with E-state index in [-0.39, 0.29) is 30.8 Å². The highest BCUT2D eigenvalue weighted by atomic mass is 16.5. The maximum absolute atomic E-state index is 12.8. The number of carbonyl (C=O) groups excluding carboxylic acids is 2. The van der Waals surface area contributed by atoms with E-state index >= 15 is 0 Å². The first-order chi connectivity index (χ1) is 13.0. The van der Waals surface area contributed by atoms with Crippen LogP contribution < -0.4 is 4.74 Å². The summed E-state index contributed by atoms with van der Waals surface area (Å²) in [6.07, 6.45) is 1.13. The molecule has 27 heavy (non-hydrogen) atoms. The van der Waals surface area contributed by atoms with Gasteiger partial charge in [0.1, 0.15) is 5.75 Å². The van der Waals surface area contributed by atoms with Crippen LogP contribution in [0.3, 0.4) is 0 Å². The molecule has 1 aliphatic rings. The van der Waals surface area contributed by atoms with Gasteiger partial charge in [-0.3, -0.25) is 9.59 Å². The van der Waals surface area contributed by atoms with Crippen LogP contribution in [0.5, 0.6) is 5.75 Å². The van der Waals surface area contributed by atoms with Crippen LogP contribution in [0, 0.1) is 0 Å². The van der Waals surface area contributed by atoms with Crippen molar-refractivity contribution in [2.45, 2.75) is 25.8 Å². The van der Waals surface area contributed by atoms with Gasteiger partial charge in [0.25, 0.3) is 0 Å². The van der Waals surface area contributed by atoms with E-state index in [1.54, 1.807) is 14.2 Å². The van der Waals surface area contributed by atoms with Gasteiger partial charge in [0, 0.05) is 13.6 Å². The quantitative estimate of drug-likeness (QED) is 0.818. The Morgan fingerprint density at radius 2 is 1.85 bits per heavy atom. The fourth-order valence-electron chi connectivity index (χ4n) is 3.55. The second kappa shape index (κ2) is 8.25. The van der Waals surface area contributed by atoms with Crippen molar-refractivity contribution >= 4 is 11.8 Å². The zero-order valence-electron chi connectivity index (χ0n) is 16.1. The summed E-state index contributed by atoms with van der Waals surface area (Å²) in [4.78, 5) is 28.7. The SMILES string of the molecule is COc1ccc(CC(=O)N(C)CC(=O)N2CCc3ccccc3C2C)cc1. The molecule has 1 unspecified atom stereocenters. The number of rotatable bonds is 5. The van der Waals surface area contributed by atoms with E-state index in [0.717, 1.165) is 17.7 Å². The van der Waals surface area contributed by atoms with E-state index in [1.807, 2.05) is 41.3 Å². The van der Waals surface area contributed by atoms with E-state index in [9.17, 15) is 9.59 Å². The third-order valence-electron chi connectivity index (χ3n) is 5.23. The molecule has 5 nitrogen and oxygen atoms in total. The van der Waals surface area contributed by atoms with Gasteiger partial charge in [-0.2, -0.15) is 0 Å². The maximum atomic E-state index is 12.8. The molecule has 142 valence electrons. The number of ether oxygens (including phenoxy) is 1. The average Bonchev–Trinajstić information content (AvgIpc) is 2.68. The number of nitrogens with zero attached hydrogens (tertiary/aromatic N) is 2. The van der Waals surface area contributed by atoms with Crippen LogP contribution in [-0.4, -0.2) is 48.9 Å². The summed E-state index contributed by atoms with van der Waals surface area (Å²) in [7, 11) is 3.30. The minimum absolute atomic E-state index is 0.0115. The molecule has 1 atom stereocenters. The summed E-state index contributed by atoms with van der Waals surface area (Å²) in [6.45, 7) is 2.84. The van der Waals surface area contributed by atoms with E-state index in [4.69, 9.17) is 4.74 Å². The Morgan fingerprint density at radius 1 is 1.15 bits per heavy atom. The summed E-state index contributed by atoms with van der Waals surface area (Å²) < 4.78 is 5.13. The predicted octanol–water partition coefficient (Wildman–Crippen LogP) is 2.84. The number of carbonyl (C=O) groups is 2. The number of hydrogen-bond acceptors (Lipinski definition) is 3. The van der Waals surface area contributed by atoms with E-state index in [1.165, 1.54) is 16.0 Å². The van der Waals surface area contributed by atoms with Crippen molar-refractivity contribution in [3.05, 3.63) is 65.2 Å². The Kier molecular flexibility index (Phi) is 5.79. The van der Waals surface area contributed by atoms with Gasteiger partial charge in [-0.15, -0.1) is 0 Å². The Bertz CT molecular complexity index is 817. The molecule has 1 heterocycles. The van der Waals surface area contributed by atoms with Crippen LogP contribution in [0.1, 0.15) is 29.7 Å². The highest BCUT2D eigenvalue weighted by Crippen LogP contribution is 2.29. The minimum atomic E-state index is -0.0708. The first-order valence-electron chi connectivity index (χ1n) is 9.23. The molecule has 0 spiro atoms. The summed E-state index contributed by atoms with van der Waals surface area (Å²) >= 11 is 0. The van der Waals surface area contributed by atoms with Gasteiger partial charge in [-0.25, -0.2) is 0 Å². The third kappa shape index (κ3) is 4.30. The highest BCUT2D eigenvalue weighted by molar-refractivity contribution is 5.86. The summed E-state index contributed by atoms with van der Waals surface area (Å²) in [5, 5.41) is 0. The van der Waals surface area contributed by atoms with Crippen LogP contribution in [0.2, 0.25) is 0 Å². The lowest BCUT2D eigenvalue weighted by molar-refractivity contribution is -0.140. The first-order valence-corrected chi connectivity index (χ1v) is 9.23. The normalized spacial score (nSPS) is 15.8. The highest BCUT2D eigenvalue weighted by Gasteiger charge is 2.28. The smallest absolute Gasteiger partial charge is 0.242 e. The summed E-state index contributed by atoms with van der Waals surface area (Å²) in [6, 6.07) is 15.7. The van der Waals surface area contributed by atoms with Gasteiger partial charge in [0.2, 0.25) is 11.8 Å². The van der Waals surface area contributed by atoms with Crippen molar-refractivity contribution in [2.75, 3.05) is 27.2 Å². The molecule has 2 aromatic carbocycles. The fourth-order valence-corrected chi connectivity index (χ4v) is 3.55. The van der Waals surface area contributed by atoms with Gasteiger partial charge in [-0.05, 0) is 42.2 Å². The van der Waals surface area contributed by atoms with Gasteiger partial charge in [-0.1, -0.05) is 36.4 Å². The molecule has 5 heteroatoms. The van der Waals surface area contributed by atoms with Crippen molar-refractivity contribution in [3.8, 4) is 5.75 Å². The summed E-state index contributed by atoms with van der Waals surface area (Å²) in [5.41, 5.74) is 3.41. The van der Waals surface area contributed by atoms with Crippen molar-refractivity contribution < 1.29 is 14.3 Å². The van der Waals surface area contributed by atoms with E-state index < -0.39 is 0 Å². The second-order valence-electron chi connectivity index (χ2n) is 6.99. The topological polar surface area (TPSA) is 49.9 Å². The lowest BCUT2D eigenvalue weighted by Gasteiger charge is -2.36. The standard InChI is InChI=1S/C22H26N2O3/c1-16-20-7-5-4-6-18(20)12-13-24(16)22(26)15-23(2)21(25)14-17-8-10-19(27-3)11-9-17/h4-11,16H,12-15H2,1-3H3. The number of hydrogen-bond donors (Lipinski definition) is 0. The molecular formula is C22H26N2O3. The largest absolute Gasteiger partial charge is 0.497 e. The van der Waals surface area contributed by atoms with Gasteiger partial charge < -0.3 is 14.5 Å². The third-order valence-corrected chi connectivity index (χ3v) is 5.23. The minimum Gasteiger partial charge on any atom is -0.497 e. The molecule has 2 aromatic rings. The molecule has 0 N–H and O–H groups in total. The fraction of sp³-hybridized carbons (Fsp3) is 0.364. The van der Waals surface area contributed by atoms with Crippen molar-refractivity contribution in [3.63, 3.8) is 0 Å². The molecule has 0 aromatic heterocycles. The molecule has 0 bridgehead atoms. The van der Waals surface area contributed by atoms with Crippen LogP contribution in [-0.2, 0) is 22.4 Å². The Hall–Kier alpha value is -2.82. The molecule has 2 amide bonds. The number of amides is 2. The monoisotopic (exact) mass is 366 g/mol. The number of methoxy groups -OCH3 is 1. The molecule has 0 aliphatic carbocycles. The van der Waals surface area contributed by atoms with Crippen molar-refractivity contribution in [2.24, 2.45) is 0 Å². The van der Waals surface area contributed by atoms with Crippen LogP contribution >= 0.6 is 0 Å². The average molecular weight is 366 g/mol. The van der Waals surface area contributed by atoms with Gasteiger partial charge in [0.15, 0.2) is 0 Å². The molecule has 1 aliphatic heterocycles. The lowest BCUT2D eigenvalue weighted by atomic mass is 9.93. The van der Waals surface area contributed by atoms with Crippen LogP contribution in [0.15, 0.2) is 48.5 Å². The molecule has 0 radical (unpaired) electrons. The predicted molar refractivity (Wildman–Crippen MR) is 105 cm³/mol. The van der Waals surface area contributed by atoms with Crippen molar-refractivity contribution in [1.29, 1.82) is 0 Å². The summed E-state index contributed by atoms with van der Waals surface area (Å²) in [5.74, 6) is 0.676. The first kappa shape index (κ1) is 19.0. The molecule has 3 rings (SSSR count). The van der Waals surface area contributed by atoms with E-state index in [2.05, 4.69) is 19.1 Å². The van der Waals surface area contributed by atoms with Crippen molar-refractivity contribution in [1.82, 2.24) is 9.80 Å². The second-order valence-corrected chi connectivity index (χ2v) is 6.99. The van der Waals surface area contributed by atoms with E-state index in [0.29, 0.717) is 6.54 Å². The zero-order valence-corrected chi connectivity index (χ0v) is 16.1. The molecule has 0 saturated heterocycles. The van der Waals surface area contributed by atoms with Gasteiger partial charge in [0.05, 0.1) is 26.1 Å². The molecular weight excluding hydrogens is 340 g/mol. The zero-order chi connectivity index (χ0) is 19.4. The Balaban J connectivity index is 1.59. The number of benzene rings is 2. The Labute approximate surface area is 160 Å². The van der Waals surface area contributed by atoms with Gasteiger partial charge >= 0.3 is 0 Å². The maximum Gasteiger partial charge on any atom is 0.242 e. The van der Waals surface area contributed by atoms with Crippen LogP contribution in [0.4, 0.5) is 0 Å². The lowest BCUT2D eigenvalue weighted by Crippen LogP contribution is -2.45.